The number of esters is 3. The predicted molar refractivity (Wildman–Crippen MR) is 260 cm³/mol. The van der Waals surface area contributed by atoms with E-state index in [0.717, 1.165) is 116 Å². The van der Waals surface area contributed by atoms with Gasteiger partial charge in [0.2, 0.25) is 0 Å². The van der Waals surface area contributed by atoms with Crippen LogP contribution in [0, 0.1) is 0 Å². The van der Waals surface area contributed by atoms with Gasteiger partial charge >= 0.3 is 17.9 Å². The van der Waals surface area contributed by atoms with Crippen LogP contribution in [0.25, 0.3) is 0 Å². The number of ether oxygens (including phenoxy) is 3. The molecule has 0 amide bonds. The van der Waals surface area contributed by atoms with Crippen molar-refractivity contribution in [2.75, 3.05) is 13.2 Å². The molecule has 346 valence electrons. The molecule has 0 spiro atoms. The molecule has 6 nitrogen and oxygen atoms in total. The van der Waals surface area contributed by atoms with Crippen LogP contribution < -0.4 is 0 Å². The molecule has 0 aliphatic carbocycles. The normalized spacial score (nSPS) is 12.9. The smallest absolute Gasteiger partial charge is 0.306 e. The molecule has 0 aliphatic rings. The van der Waals surface area contributed by atoms with Gasteiger partial charge in [0.25, 0.3) is 0 Å². The van der Waals surface area contributed by atoms with Crippen LogP contribution >= 0.6 is 0 Å². The maximum atomic E-state index is 12.8. The summed E-state index contributed by atoms with van der Waals surface area (Å²) >= 11 is 0. The van der Waals surface area contributed by atoms with E-state index < -0.39 is 6.10 Å². The number of unbranched alkanes of at least 4 members (excludes halogenated alkanes) is 20. The number of hydrogen-bond acceptors (Lipinski definition) is 6. The van der Waals surface area contributed by atoms with E-state index in [1.54, 1.807) is 0 Å². The van der Waals surface area contributed by atoms with Gasteiger partial charge in [0.05, 0.1) is 0 Å². The Labute approximate surface area is 375 Å². The fourth-order valence-electron chi connectivity index (χ4n) is 6.49. The first-order chi connectivity index (χ1) is 30.0. The second-order valence-electron chi connectivity index (χ2n) is 16.1. The second-order valence-corrected chi connectivity index (χ2v) is 16.1. The van der Waals surface area contributed by atoms with E-state index in [9.17, 15) is 14.4 Å². The molecule has 0 aromatic rings. The highest BCUT2D eigenvalue weighted by Crippen LogP contribution is 2.14. The zero-order valence-corrected chi connectivity index (χ0v) is 39.4. The average Bonchev–Trinajstić information content (AvgIpc) is 3.26. The van der Waals surface area contributed by atoms with E-state index in [0.29, 0.717) is 19.3 Å². The van der Waals surface area contributed by atoms with E-state index in [1.807, 2.05) is 24.3 Å². The number of hydrogen-bond donors (Lipinski definition) is 0. The first-order valence-electron chi connectivity index (χ1n) is 24.8. The predicted octanol–water partition coefficient (Wildman–Crippen LogP) is 16.2. The van der Waals surface area contributed by atoms with Crippen LogP contribution in [0.5, 0.6) is 0 Å². The van der Waals surface area contributed by atoms with Crippen molar-refractivity contribution in [3.8, 4) is 0 Å². The van der Waals surface area contributed by atoms with Crippen molar-refractivity contribution in [3.63, 3.8) is 0 Å². The standard InChI is InChI=1S/C55H90O6/c1-4-7-10-13-16-19-21-23-25-27-28-30-31-33-36-39-42-45-48-54(57)60-51-52(50-59-53(56)47-44-41-38-35-18-15-12-9-6-3)61-55(58)49-46-43-40-37-34-32-29-26-24-22-20-17-14-11-8-5-2/h8,10-11,13,16-17,19-21,23-28,30,52H,4-7,9,12,14-15,18,22,29,31-51H2,1-3H3/b11-8-,13-10-,19-16-,20-17-,23-21-,26-24-,27-25-,30-28-. The Balaban J connectivity index is 4.43. The van der Waals surface area contributed by atoms with Gasteiger partial charge in [0, 0.05) is 19.3 Å². The van der Waals surface area contributed by atoms with Crippen LogP contribution in [0.3, 0.4) is 0 Å². The van der Waals surface area contributed by atoms with E-state index in [1.165, 1.54) is 57.8 Å². The summed E-state index contributed by atoms with van der Waals surface area (Å²) < 4.78 is 16.7. The van der Waals surface area contributed by atoms with Crippen LogP contribution in [-0.2, 0) is 28.6 Å². The SMILES string of the molecule is CC/C=C\C/C=C\C/C=C\CCCCCCCCC(=O)OC(COC(=O)CCCCCCC\C=C/C=C\C=C/C=C\C=C/CCC)COC(=O)CCCCCCCCCCC. The molecule has 6 heteroatoms. The summed E-state index contributed by atoms with van der Waals surface area (Å²) in [6.45, 7) is 6.37. The summed E-state index contributed by atoms with van der Waals surface area (Å²) in [6, 6.07) is 0. The van der Waals surface area contributed by atoms with E-state index >= 15 is 0 Å². The van der Waals surface area contributed by atoms with E-state index in [4.69, 9.17) is 14.2 Å². The quantitative estimate of drug-likeness (QED) is 0.0200. The van der Waals surface area contributed by atoms with Gasteiger partial charge in [-0.25, -0.2) is 0 Å². The van der Waals surface area contributed by atoms with Gasteiger partial charge in [-0.3, -0.25) is 14.4 Å². The lowest BCUT2D eigenvalue weighted by atomic mass is 10.1. The molecule has 61 heavy (non-hydrogen) atoms. The van der Waals surface area contributed by atoms with Gasteiger partial charge < -0.3 is 14.2 Å². The van der Waals surface area contributed by atoms with Crippen molar-refractivity contribution in [2.24, 2.45) is 0 Å². The third kappa shape index (κ3) is 47.2. The Morgan fingerprint density at radius 3 is 1.21 bits per heavy atom. The highest BCUT2D eigenvalue weighted by molar-refractivity contribution is 5.71. The zero-order valence-electron chi connectivity index (χ0n) is 39.4. The third-order valence-electron chi connectivity index (χ3n) is 10.2. The lowest BCUT2D eigenvalue weighted by Crippen LogP contribution is -2.30. The molecule has 0 saturated carbocycles. The average molecular weight is 847 g/mol. The summed E-state index contributed by atoms with van der Waals surface area (Å²) in [4.78, 5) is 37.9. The summed E-state index contributed by atoms with van der Waals surface area (Å²) in [7, 11) is 0. The van der Waals surface area contributed by atoms with Crippen molar-refractivity contribution in [2.45, 2.75) is 219 Å². The maximum absolute atomic E-state index is 12.8. The van der Waals surface area contributed by atoms with Crippen molar-refractivity contribution >= 4 is 17.9 Å². The molecule has 1 atom stereocenters. The van der Waals surface area contributed by atoms with E-state index in [2.05, 4.69) is 93.7 Å². The first kappa shape index (κ1) is 57.3. The largest absolute Gasteiger partial charge is 0.462 e. The minimum absolute atomic E-state index is 0.0917. The number of carbonyl (C=O) groups is 3. The molecule has 0 aromatic carbocycles. The van der Waals surface area contributed by atoms with Gasteiger partial charge in [-0.1, -0.05) is 221 Å². The Morgan fingerprint density at radius 1 is 0.361 bits per heavy atom. The van der Waals surface area contributed by atoms with Gasteiger partial charge in [0.1, 0.15) is 13.2 Å². The zero-order chi connectivity index (χ0) is 44.4. The first-order valence-corrected chi connectivity index (χ1v) is 24.8. The molecule has 0 rings (SSSR count). The Kier molecular flexibility index (Phi) is 46.0. The molecular weight excluding hydrogens is 757 g/mol. The molecule has 0 aliphatic heterocycles. The van der Waals surface area contributed by atoms with Crippen LogP contribution in [0.1, 0.15) is 213 Å². The minimum atomic E-state index is -0.793. The van der Waals surface area contributed by atoms with Crippen LogP contribution in [0.15, 0.2) is 97.2 Å². The minimum Gasteiger partial charge on any atom is -0.462 e. The molecule has 0 radical (unpaired) electrons. The van der Waals surface area contributed by atoms with Crippen molar-refractivity contribution < 1.29 is 28.6 Å². The molecular formula is C55H90O6. The Morgan fingerprint density at radius 2 is 0.738 bits per heavy atom. The van der Waals surface area contributed by atoms with Crippen LogP contribution in [0.4, 0.5) is 0 Å². The van der Waals surface area contributed by atoms with Crippen molar-refractivity contribution in [1.82, 2.24) is 0 Å². The summed E-state index contributed by atoms with van der Waals surface area (Å²) in [6.07, 6.45) is 63.8. The monoisotopic (exact) mass is 847 g/mol. The van der Waals surface area contributed by atoms with Crippen molar-refractivity contribution in [3.05, 3.63) is 97.2 Å². The van der Waals surface area contributed by atoms with Gasteiger partial charge in [-0.15, -0.1) is 0 Å². The highest BCUT2D eigenvalue weighted by Gasteiger charge is 2.19. The van der Waals surface area contributed by atoms with Gasteiger partial charge in [-0.05, 0) is 70.6 Å². The summed E-state index contributed by atoms with van der Waals surface area (Å²) in [5.74, 6) is -0.938. The Bertz CT molecular complexity index is 1250. The maximum Gasteiger partial charge on any atom is 0.306 e. The lowest BCUT2D eigenvalue weighted by molar-refractivity contribution is -0.167. The highest BCUT2D eigenvalue weighted by atomic mass is 16.6. The fourth-order valence-corrected chi connectivity index (χ4v) is 6.49. The molecule has 0 heterocycles. The number of allylic oxidation sites excluding steroid dienone is 16. The summed E-state index contributed by atoms with van der Waals surface area (Å²) in [5, 5.41) is 0. The molecule has 0 saturated heterocycles. The number of carbonyl (C=O) groups excluding carboxylic acids is 3. The fraction of sp³-hybridized carbons (Fsp3) is 0.655. The molecule has 1 unspecified atom stereocenters. The molecule has 0 N–H and O–H groups in total. The molecule has 0 fully saturated rings. The molecule has 0 aromatic heterocycles. The topological polar surface area (TPSA) is 78.9 Å². The van der Waals surface area contributed by atoms with Gasteiger partial charge in [-0.2, -0.15) is 0 Å². The van der Waals surface area contributed by atoms with Crippen LogP contribution in [0.2, 0.25) is 0 Å². The van der Waals surface area contributed by atoms with Gasteiger partial charge in [0.15, 0.2) is 6.10 Å². The van der Waals surface area contributed by atoms with Crippen LogP contribution in [-0.4, -0.2) is 37.2 Å². The molecule has 0 bridgehead atoms. The number of rotatable bonds is 43. The lowest BCUT2D eigenvalue weighted by Gasteiger charge is -2.18. The second kappa shape index (κ2) is 49.0. The van der Waals surface area contributed by atoms with E-state index in [-0.39, 0.29) is 31.1 Å². The Hall–Kier alpha value is -3.67. The third-order valence-corrected chi connectivity index (χ3v) is 10.2. The summed E-state index contributed by atoms with van der Waals surface area (Å²) in [5.41, 5.74) is 0. The van der Waals surface area contributed by atoms with Crippen molar-refractivity contribution in [1.29, 1.82) is 0 Å².